The monoisotopic (exact) mass is 375 g/mol. The lowest BCUT2D eigenvalue weighted by molar-refractivity contribution is 0.668. The predicted molar refractivity (Wildman–Crippen MR) is 122 cm³/mol. The van der Waals surface area contributed by atoms with E-state index in [0.29, 0.717) is 5.92 Å². The lowest BCUT2D eigenvalue weighted by Crippen LogP contribution is -2.02. The van der Waals surface area contributed by atoms with Crippen LogP contribution in [0.5, 0.6) is 0 Å². The Morgan fingerprint density at radius 1 is 0.793 bits per heavy atom. The molecule has 6 rings (SSSR count). The molecule has 0 radical (unpaired) electrons. The van der Waals surface area contributed by atoms with Gasteiger partial charge in [-0.05, 0) is 53.6 Å². The van der Waals surface area contributed by atoms with Gasteiger partial charge in [0.05, 0.1) is 11.4 Å². The zero-order valence-corrected chi connectivity index (χ0v) is 16.8. The number of aliphatic imine (C=N–C) groups is 1. The molecule has 1 aliphatic heterocycles. The molecule has 0 amide bonds. The first-order chi connectivity index (χ1) is 14.1. The minimum atomic E-state index is 0.476. The smallest absolute Gasteiger partial charge is 0.144 e. The molecule has 0 fully saturated rings. The van der Waals surface area contributed by atoms with Gasteiger partial charge in [-0.15, -0.1) is 0 Å². The first-order valence-corrected chi connectivity index (χ1v) is 10.2. The normalized spacial score (nSPS) is 13.2. The Morgan fingerprint density at radius 3 is 2.48 bits per heavy atom. The van der Waals surface area contributed by atoms with Gasteiger partial charge in [0.2, 0.25) is 0 Å². The van der Waals surface area contributed by atoms with Crippen LogP contribution in [0.4, 0.5) is 5.69 Å². The lowest BCUT2D eigenvalue weighted by Gasteiger charge is -2.12. The SMILES string of the molecule is Cc1cc(C2=Nc3cccc4c(C(C)C)ccc2c34)c2oc3ccccc3c2c1. The number of furan rings is 1. The number of benzene rings is 4. The zero-order valence-electron chi connectivity index (χ0n) is 16.8. The highest BCUT2D eigenvalue weighted by Crippen LogP contribution is 2.42. The molecule has 0 spiro atoms. The van der Waals surface area contributed by atoms with Crippen molar-refractivity contribution in [3.8, 4) is 0 Å². The third-order valence-electron chi connectivity index (χ3n) is 6.04. The third kappa shape index (κ3) is 2.26. The van der Waals surface area contributed by atoms with Gasteiger partial charge >= 0.3 is 0 Å². The van der Waals surface area contributed by atoms with Crippen LogP contribution in [0, 0.1) is 6.92 Å². The number of nitrogens with zero attached hydrogens (tertiary/aromatic N) is 1. The van der Waals surface area contributed by atoms with Crippen molar-refractivity contribution in [2.75, 3.05) is 0 Å². The van der Waals surface area contributed by atoms with E-state index in [0.717, 1.165) is 38.9 Å². The Kier molecular flexibility index (Phi) is 3.31. The summed E-state index contributed by atoms with van der Waals surface area (Å²) in [5.41, 5.74) is 8.78. The van der Waals surface area contributed by atoms with E-state index in [-0.39, 0.29) is 0 Å². The Bertz CT molecular complexity index is 1480. The zero-order chi connectivity index (χ0) is 19.7. The number of para-hydroxylation sites is 1. The molecular weight excluding hydrogens is 354 g/mol. The number of hydrogen-bond donors (Lipinski definition) is 0. The topological polar surface area (TPSA) is 25.5 Å². The molecule has 0 saturated heterocycles. The van der Waals surface area contributed by atoms with Crippen LogP contribution in [0.15, 0.2) is 76.1 Å². The molecule has 0 N–H and O–H groups in total. The summed E-state index contributed by atoms with van der Waals surface area (Å²) in [5.74, 6) is 0.476. The second-order valence-corrected chi connectivity index (χ2v) is 8.30. The summed E-state index contributed by atoms with van der Waals surface area (Å²) in [6, 6.07) is 23.6. The molecule has 2 nitrogen and oxygen atoms in total. The molecule has 0 atom stereocenters. The highest BCUT2D eigenvalue weighted by Gasteiger charge is 2.25. The van der Waals surface area contributed by atoms with Crippen molar-refractivity contribution in [1.29, 1.82) is 0 Å². The van der Waals surface area contributed by atoms with Crippen LogP contribution in [-0.4, -0.2) is 5.71 Å². The average molecular weight is 375 g/mol. The molecule has 140 valence electrons. The van der Waals surface area contributed by atoms with Crippen LogP contribution in [0.3, 0.4) is 0 Å². The van der Waals surface area contributed by atoms with E-state index >= 15 is 0 Å². The van der Waals surface area contributed by atoms with Gasteiger partial charge in [-0.1, -0.05) is 56.3 Å². The molecule has 1 aromatic heterocycles. The minimum absolute atomic E-state index is 0.476. The van der Waals surface area contributed by atoms with E-state index in [2.05, 4.69) is 75.4 Å². The molecule has 4 aromatic carbocycles. The van der Waals surface area contributed by atoms with Gasteiger partial charge in [0.15, 0.2) is 0 Å². The number of hydrogen-bond acceptors (Lipinski definition) is 2. The second kappa shape index (κ2) is 5.81. The first kappa shape index (κ1) is 16.6. The van der Waals surface area contributed by atoms with E-state index in [1.165, 1.54) is 27.5 Å². The van der Waals surface area contributed by atoms with Crippen molar-refractivity contribution in [2.45, 2.75) is 26.7 Å². The molecule has 29 heavy (non-hydrogen) atoms. The summed E-state index contributed by atoms with van der Waals surface area (Å²) >= 11 is 0. The van der Waals surface area contributed by atoms with E-state index in [9.17, 15) is 0 Å². The van der Waals surface area contributed by atoms with Crippen LogP contribution in [0.1, 0.15) is 42.0 Å². The Balaban J connectivity index is 1.68. The highest BCUT2D eigenvalue weighted by atomic mass is 16.3. The minimum Gasteiger partial charge on any atom is -0.455 e. The first-order valence-electron chi connectivity index (χ1n) is 10.2. The molecular formula is C27H21NO. The largest absolute Gasteiger partial charge is 0.455 e. The summed E-state index contributed by atoms with van der Waals surface area (Å²) in [5, 5.41) is 4.88. The second-order valence-electron chi connectivity index (χ2n) is 8.30. The van der Waals surface area contributed by atoms with Gasteiger partial charge in [-0.2, -0.15) is 0 Å². The predicted octanol–water partition coefficient (Wildman–Crippen LogP) is 7.65. The van der Waals surface area contributed by atoms with Crippen LogP contribution >= 0.6 is 0 Å². The quantitative estimate of drug-likeness (QED) is 0.305. The van der Waals surface area contributed by atoms with Gasteiger partial charge in [0.1, 0.15) is 11.2 Å². The van der Waals surface area contributed by atoms with Gasteiger partial charge < -0.3 is 4.42 Å². The highest BCUT2D eigenvalue weighted by molar-refractivity contribution is 6.30. The van der Waals surface area contributed by atoms with Crippen LogP contribution in [0.25, 0.3) is 32.7 Å². The maximum Gasteiger partial charge on any atom is 0.144 e. The van der Waals surface area contributed by atoms with Gasteiger partial charge in [-0.3, -0.25) is 0 Å². The fourth-order valence-corrected chi connectivity index (χ4v) is 4.74. The van der Waals surface area contributed by atoms with Crippen LogP contribution in [0.2, 0.25) is 0 Å². The Labute approximate surface area is 169 Å². The number of aryl methyl sites for hydroxylation is 1. The Morgan fingerprint density at radius 2 is 1.62 bits per heavy atom. The summed E-state index contributed by atoms with van der Waals surface area (Å²) in [6.07, 6.45) is 0. The summed E-state index contributed by atoms with van der Waals surface area (Å²) in [4.78, 5) is 5.09. The summed E-state index contributed by atoms with van der Waals surface area (Å²) in [7, 11) is 0. The molecule has 0 unspecified atom stereocenters. The molecule has 0 aliphatic carbocycles. The van der Waals surface area contributed by atoms with Crippen LogP contribution < -0.4 is 0 Å². The van der Waals surface area contributed by atoms with E-state index in [1.807, 2.05) is 12.1 Å². The molecule has 0 bridgehead atoms. The summed E-state index contributed by atoms with van der Waals surface area (Å²) in [6.45, 7) is 6.64. The fraction of sp³-hybridized carbons (Fsp3) is 0.148. The van der Waals surface area contributed by atoms with Gasteiger partial charge in [-0.25, -0.2) is 4.99 Å². The maximum atomic E-state index is 6.33. The number of rotatable bonds is 2. The van der Waals surface area contributed by atoms with Gasteiger partial charge in [0, 0.05) is 27.3 Å². The molecule has 1 aliphatic rings. The molecule has 5 aromatic rings. The molecule has 0 saturated carbocycles. The van der Waals surface area contributed by atoms with Gasteiger partial charge in [0.25, 0.3) is 0 Å². The average Bonchev–Trinajstić information content (AvgIpc) is 3.28. The standard InChI is InChI=1S/C27H21NO/c1-15(2)17-11-12-20-25-19(17)8-6-9-23(25)28-26(20)22-14-16(3)13-21-18-7-4-5-10-24(18)29-27(21)22/h4-15H,1-3H3. The van der Waals surface area contributed by atoms with Crippen molar-refractivity contribution < 1.29 is 4.42 Å². The van der Waals surface area contributed by atoms with Crippen molar-refractivity contribution in [3.05, 3.63) is 89.0 Å². The molecule has 2 heteroatoms. The van der Waals surface area contributed by atoms with E-state index < -0.39 is 0 Å². The van der Waals surface area contributed by atoms with E-state index in [4.69, 9.17) is 9.41 Å². The van der Waals surface area contributed by atoms with Crippen LogP contribution in [-0.2, 0) is 0 Å². The third-order valence-corrected chi connectivity index (χ3v) is 6.04. The van der Waals surface area contributed by atoms with Crippen molar-refractivity contribution in [2.24, 2.45) is 4.99 Å². The molecule has 2 heterocycles. The van der Waals surface area contributed by atoms with E-state index in [1.54, 1.807) is 0 Å². The lowest BCUT2D eigenvalue weighted by atomic mass is 9.90. The maximum absolute atomic E-state index is 6.33. The summed E-state index contributed by atoms with van der Waals surface area (Å²) < 4.78 is 6.33. The Hall–Kier alpha value is -3.39. The van der Waals surface area contributed by atoms with Crippen molar-refractivity contribution >= 4 is 44.1 Å². The fourth-order valence-electron chi connectivity index (χ4n) is 4.74. The van der Waals surface area contributed by atoms with Crippen molar-refractivity contribution in [3.63, 3.8) is 0 Å². The number of fused-ring (bicyclic) bond motifs is 3. The van der Waals surface area contributed by atoms with Crippen molar-refractivity contribution in [1.82, 2.24) is 0 Å².